The molecule has 1 aliphatic carbocycles. The number of esters is 3. The molecule has 9 aromatic rings. The molecule has 750 valence electrons. The lowest BCUT2D eigenvalue weighted by Crippen LogP contribution is -2.37. The topological polar surface area (TPSA) is 353 Å². The Hall–Kier alpha value is -8.52. The van der Waals surface area contributed by atoms with Crippen LogP contribution in [-0.2, 0) is 41.4 Å². The molecule has 25 nitrogen and oxygen atoms in total. The Morgan fingerprint density at radius 3 is 1.34 bits per heavy atom. The fourth-order valence-electron chi connectivity index (χ4n) is 10.1. The molecule has 35 heteroatoms. The van der Waals surface area contributed by atoms with Gasteiger partial charge < -0.3 is 53.9 Å². The summed E-state index contributed by atoms with van der Waals surface area (Å²) in [7, 11) is 2.76. The van der Waals surface area contributed by atoms with Crippen molar-refractivity contribution in [2.75, 3.05) is 43.4 Å². The molecule has 0 radical (unpaired) electrons. The highest BCUT2D eigenvalue weighted by Gasteiger charge is 2.29. The molecule has 10 rings (SSSR count). The first kappa shape index (κ1) is 124. The van der Waals surface area contributed by atoms with Crippen LogP contribution in [0.15, 0.2) is 189 Å². The zero-order chi connectivity index (χ0) is 104. The largest absolute Gasteiger partial charge is 0.513 e. The molecule has 0 spiro atoms. The fourth-order valence-corrected chi connectivity index (χ4v) is 20.5. The Labute approximate surface area is 849 Å². The quantitative estimate of drug-likeness (QED) is 0.0114. The molecule has 2 amide bonds. The van der Waals surface area contributed by atoms with Crippen molar-refractivity contribution in [3.8, 4) is 0 Å². The van der Waals surface area contributed by atoms with Gasteiger partial charge in [0.05, 0.1) is 62.9 Å². The third-order valence-corrected chi connectivity index (χ3v) is 25.5. The van der Waals surface area contributed by atoms with Gasteiger partial charge in [-0.05, 0) is 134 Å². The third kappa shape index (κ3) is 59.0. The Morgan fingerprint density at radius 1 is 0.493 bits per heavy atom. The summed E-state index contributed by atoms with van der Waals surface area (Å²) in [5.41, 5.74) is 5.61. The molecule has 1 fully saturated rings. The first-order valence-electron chi connectivity index (χ1n) is 43.9. The molecule has 0 aliphatic heterocycles. The van der Waals surface area contributed by atoms with Crippen molar-refractivity contribution >= 4 is 186 Å². The van der Waals surface area contributed by atoms with Crippen LogP contribution < -0.4 is 21.3 Å². The summed E-state index contributed by atoms with van der Waals surface area (Å²) in [6.07, 6.45) is 8.44. The first-order chi connectivity index (χ1) is 62.5. The Bertz CT molecular complexity index is 5060. The number of rotatable bonds is 23. The number of thioether (sulfide) groups is 7. The minimum Gasteiger partial charge on any atom is -0.513 e. The van der Waals surface area contributed by atoms with Crippen LogP contribution in [0.3, 0.4) is 0 Å². The van der Waals surface area contributed by atoms with Crippen molar-refractivity contribution in [1.29, 1.82) is 0 Å². The van der Waals surface area contributed by atoms with Crippen LogP contribution >= 0.6 is 116 Å². The lowest BCUT2D eigenvalue weighted by atomic mass is 10.1. The second-order valence-electron chi connectivity index (χ2n) is 39.2. The number of carbonyl (C=O) groups is 8. The Morgan fingerprint density at radius 2 is 0.926 bits per heavy atom. The zero-order valence-electron chi connectivity index (χ0n) is 85.5. The predicted molar refractivity (Wildman–Crippen MR) is 572 cm³/mol. The molecule has 4 aromatic carbocycles. The number of oxazole rings is 2. The number of hydrogen-bond donors (Lipinski definition) is 6. The summed E-state index contributed by atoms with van der Waals surface area (Å²) in [6, 6.07) is 31.2. The van der Waals surface area contributed by atoms with E-state index in [-0.39, 0.29) is 108 Å². The number of hydrogen-bond acceptors (Lipinski definition) is 33. The third-order valence-electron chi connectivity index (χ3n) is 15.0. The lowest BCUT2D eigenvalue weighted by molar-refractivity contribution is -0.139. The number of carbonyl (C=O) groups excluding carboxylic acids is 8. The van der Waals surface area contributed by atoms with Gasteiger partial charge >= 0.3 is 24.0 Å². The molecule has 1 aliphatic rings. The summed E-state index contributed by atoms with van der Waals surface area (Å²) in [5.74, 6) is -0.742. The average molecular weight is 2060 g/mol. The van der Waals surface area contributed by atoms with E-state index in [1.807, 2.05) is 132 Å². The van der Waals surface area contributed by atoms with E-state index in [0.717, 1.165) is 58.1 Å². The van der Waals surface area contributed by atoms with Crippen LogP contribution in [0, 0.1) is 0 Å². The van der Waals surface area contributed by atoms with Crippen molar-refractivity contribution in [2.45, 2.75) is 331 Å². The van der Waals surface area contributed by atoms with Gasteiger partial charge in [-0.3, -0.25) is 29.3 Å². The summed E-state index contributed by atoms with van der Waals surface area (Å²) in [6.45, 7) is 71.4. The second kappa shape index (κ2) is 57.9. The van der Waals surface area contributed by atoms with Crippen LogP contribution in [0.5, 0.6) is 0 Å². The Balaban J connectivity index is 0.000000519. The lowest BCUT2D eigenvalue weighted by Gasteiger charge is -2.22. The van der Waals surface area contributed by atoms with E-state index in [9.17, 15) is 43.5 Å². The number of aliphatic hydroxyl groups excluding tert-OH is 2. The average Bonchev–Trinajstić information content (AvgIpc) is 1.61. The monoisotopic (exact) mass is 2060 g/mol. The van der Waals surface area contributed by atoms with E-state index < -0.39 is 12.1 Å². The number of nitrogens with one attached hydrogen (secondary N) is 4. The second-order valence-corrected chi connectivity index (χ2v) is 55.5. The fraction of sp³-hybridized carbons (Fsp3) is 0.495. The van der Waals surface area contributed by atoms with Crippen LogP contribution in [0.4, 0.5) is 21.3 Å². The minimum atomic E-state index is -0.446. The number of nitrogens with zero attached hydrogens (tertiary/aromatic N) is 5. The summed E-state index contributed by atoms with van der Waals surface area (Å²) < 4.78 is 32.0. The zero-order valence-corrected chi connectivity index (χ0v) is 93.7. The van der Waals surface area contributed by atoms with E-state index >= 15 is 0 Å². The summed E-state index contributed by atoms with van der Waals surface area (Å²) >= 11 is 16.0. The number of amides is 2. The van der Waals surface area contributed by atoms with Crippen molar-refractivity contribution in [3.63, 3.8) is 0 Å². The number of ketones is 3. The molecular formula is C101H145N9O16S10. The Kier molecular flexibility index (Phi) is 52.6. The number of thiazole rings is 3. The molecule has 0 saturated heterocycles. The minimum absolute atomic E-state index is 0.00802. The maximum atomic E-state index is 11.9. The number of anilines is 3. The van der Waals surface area contributed by atoms with Crippen molar-refractivity contribution in [1.82, 2.24) is 30.2 Å². The number of allylic oxidation sites excluding steroid dienone is 1. The first-order valence-corrected chi connectivity index (χ1v) is 52.2. The van der Waals surface area contributed by atoms with Gasteiger partial charge in [-0.1, -0.05) is 248 Å². The van der Waals surface area contributed by atoms with Gasteiger partial charge in [0, 0.05) is 108 Å². The molecule has 0 unspecified atom stereocenters. The molecule has 5 aromatic heterocycles. The van der Waals surface area contributed by atoms with E-state index in [1.54, 1.807) is 85.6 Å². The van der Waals surface area contributed by atoms with Gasteiger partial charge in [-0.2, -0.15) is 9.97 Å². The van der Waals surface area contributed by atoms with E-state index in [2.05, 4.69) is 232 Å². The van der Waals surface area contributed by atoms with E-state index in [1.165, 1.54) is 101 Å². The standard InChI is InChI=1S/C13H18N2O3S.C13H18O2S.C13H18OS.C12H17NO2S.C12H17NO.C10H15NO3S.C10H15NO2S2.C9H14N2OS.C9H13NOS2/c1-13(2,3)19-12-15-9(7-18-12)11(17)14-8-5-4-6-10(8)16;1-13(2,3)16-11-7-5-6-10(8-11)9-12(14)15-4;1-10(14)8-11-6-5-7-12(9-11)15-13(2,3)4;1-12(2,3)16-10-7-5-6-9(8-10)13-11(14)15-4;1-9(14)10-6-5-7-11(8-10)13-12(2,3)4;1-5-13-8(12)7-6-14-9(11-7)15-10(2,3)4;1-5-13-8(12)7-6-11-9(14-7)15-10(2,3)4;1-6(12)7-5-13-8(10-7)11-9(2,3)4;1-6(11)7-5-10-8(12-7)13-9(2,3)4/h7-8H,4-6H2,1-3H3,(H,14,17);5-8H,9H2,1-4H3;5-7,9,14H,1,8H2,2-4H3;5-8H,1-4H3,(H,13,14);5-8,13-14H,1H2,2-4H3;2*6H,5H2,1-4H3;5H,1-4H3,(H,10,11);5H,1-4H3/t8-;;;;;;;;/m0......../s1. The van der Waals surface area contributed by atoms with Crippen molar-refractivity contribution in [3.05, 3.63) is 190 Å². The van der Waals surface area contributed by atoms with E-state index in [4.69, 9.17) is 23.4 Å². The van der Waals surface area contributed by atoms with Gasteiger partial charge in [0.25, 0.3) is 16.4 Å². The molecular weight excluding hydrogens is 1920 g/mol. The highest BCUT2D eigenvalue weighted by atomic mass is 32.2. The van der Waals surface area contributed by atoms with Gasteiger partial charge in [0.2, 0.25) is 0 Å². The number of aromatic nitrogens is 5. The van der Waals surface area contributed by atoms with Gasteiger partial charge in [-0.15, -0.1) is 69.3 Å². The number of aliphatic hydroxyl groups is 2. The van der Waals surface area contributed by atoms with Gasteiger partial charge in [0.15, 0.2) is 42.5 Å². The number of ether oxygens (including phenoxy) is 4. The predicted octanol–water partition coefficient (Wildman–Crippen LogP) is 28.8. The van der Waals surface area contributed by atoms with E-state index in [0.29, 0.717) is 59.9 Å². The molecule has 1 atom stereocenters. The van der Waals surface area contributed by atoms with Crippen LogP contribution in [-0.4, -0.2) is 160 Å². The van der Waals surface area contributed by atoms with Gasteiger partial charge in [0.1, 0.15) is 28.9 Å². The highest BCUT2D eigenvalue weighted by Crippen LogP contribution is 2.40. The molecule has 136 heavy (non-hydrogen) atoms. The maximum Gasteiger partial charge on any atom is 0.411 e. The number of benzene rings is 4. The molecule has 0 bridgehead atoms. The highest BCUT2D eigenvalue weighted by molar-refractivity contribution is 8.03. The SMILES string of the molecule is C=C(O)Cc1cccc(SC(C)(C)C)c1.C=C(O)c1cccc(NC(C)(C)C)c1.CC(=O)c1cnc(SC(C)(C)C)s1.CC(=O)c1csc(NC(C)(C)C)n1.CC(C)(C)Sc1nc(C(=O)N[C@H]2CCCC2=O)co1.CCOC(=O)c1cnc(SC(C)(C)C)s1.CCOC(=O)c1coc(SC(C)(C)C)n1.COC(=O)Cc1cccc(SC(C)(C)C)c1.COC(=O)Nc1cccc(SC(C)(C)C)c1. The normalized spacial score (nSPS) is 12.5. The number of Topliss-reactive ketones (excluding diaryl/α,β-unsaturated/α-hetero) is 3. The van der Waals surface area contributed by atoms with Crippen molar-refractivity contribution < 1.29 is 76.4 Å². The van der Waals surface area contributed by atoms with Crippen molar-refractivity contribution in [2.24, 2.45) is 0 Å². The van der Waals surface area contributed by atoms with Crippen LogP contribution in [0.25, 0.3) is 5.76 Å². The summed E-state index contributed by atoms with van der Waals surface area (Å²) in [5, 5.41) is 33.8. The van der Waals surface area contributed by atoms with Gasteiger partial charge in [-0.25, -0.2) is 29.3 Å². The molecule has 6 N–H and O–H groups in total. The molecule has 1 saturated carbocycles. The smallest absolute Gasteiger partial charge is 0.411 e. The van der Waals surface area contributed by atoms with Crippen LogP contribution in [0.1, 0.15) is 301 Å². The maximum absolute atomic E-state index is 11.9. The van der Waals surface area contributed by atoms with Crippen LogP contribution in [0.2, 0.25) is 0 Å². The summed E-state index contributed by atoms with van der Waals surface area (Å²) in [4.78, 5) is 116. The molecule has 5 heterocycles. The number of methoxy groups -OCH3 is 2.